The lowest BCUT2D eigenvalue weighted by molar-refractivity contribution is -0.125. The first-order valence-corrected chi connectivity index (χ1v) is 10.7. The number of carbonyl (C=O) groups is 1. The number of allylic oxidation sites excluding steroid dienone is 3. The van der Waals surface area contributed by atoms with Crippen LogP contribution in [0.15, 0.2) is 47.2 Å². The van der Waals surface area contributed by atoms with Gasteiger partial charge in [0.25, 0.3) is 0 Å². The minimum absolute atomic E-state index is 0.180. The highest BCUT2D eigenvalue weighted by Crippen LogP contribution is 2.30. The number of carbonyl (C=O) groups excluding carboxylic acids is 1. The van der Waals surface area contributed by atoms with E-state index in [1.165, 1.54) is 6.42 Å². The number of nitrogens with two attached hydrogens (primary N) is 1. The molecule has 3 aliphatic rings. The summed E-state index contributed by atoms with van der Waals surface area (Å²) in [5, 5.41) is 3.08. The van der Waals surface area contributed by atoms with E-state index < -0.39 is 0 Å². The number of guanidine groups is 1. The predicted molar refractivity (Wildman–Crippen MR) is 115 cm³/mol. The molecule has 2 aliphatic carbocycles. The molecule has 1 amide bonds. The van der Waals surface area contributed by atoms with E-state index >= 15 is 0 Å². The SMILES string of the molecule is NC1=Nc2ccc(OC3=CCCC=C3)cc2CN1CCNC(=O)C1CCCCC1. The lowest BCUT2D eigenvalue weighted by atomic mass is 9.89. The van der Waals surface area contributed by atoms with E-state index in [9.17, 15) is 4.79 Å². The Hall–Kier alpha value is -2.76. The van der Waals surface area contributed by atoms with Gasteiger partial charge in [-0.3, -0.25) is 4.79 Å². The zero-order valence-electron chi connectivity index (χ0n) is 16.9. The Morgan fingerprint density at radius 3 is 2.90 bits per heavy atom. The van der Waals surface area contributed by atoms with Crippen molar-refractivity contribution in [3.05, 3.63) is 47.7 Å². The largest absolute Gasteiger partial charge is 0.458 e. The minimum atomic E-state index is 0.180. The summed E-state index contributed by atoms with van der Waals surface area (Å²) in [6.07, 6.45) is 13.9. The van der Waals surface area contributed by atoms with Crippen LogP contribution < -0.4 is 15.8 Å². The molecule has 1 aromatic rings. The van der Waals surface area contributed by atoms with E-state index in [1.807, 2.05) is 29.2 Å². The molecule has 4 rings (SSSR count). The van der Waals surface area contributed by atoms with Gasteiger partial charge in [0.1, 0.15) is 11.5 Å². The summed E-state index contributed by atoms with van der Waals surface area (Å²) in [6, 6.07) is 5.91. The van der Waals surface area contributed by atoms with Gasteiger partial charge >= 0.3 is 0 Å². The maximum Gasteiger partial charge on any atom is 0.223 e. The van der Waals surface area contributed by atoms with Gasteiger partial charge in [0.05, 0.1) is 5.69 Å². The van der Waals surface area contributed by atoms with Crippen LogP contribution in [0.25, 0.3) is 0 Å². The van der Waals surface area contributed by atoms with Crippen molar-refractivity contribution in [2.24, 2.45) is 16.6 Å². The molecule has 0 radical (unpaired) electrons. The van der Waals surface area contributed by atoms with E-state index in [2.05, 4.69) is 22.5 Å². The summed E-state index contributed by atoms with van der Waals surface area (Å²) in [6.45, 7) is 1.89. The van der Waals surface area contributed by atoms with Crippen LogP contribution in [0.1, 0.15) is 50.5 Å². The fraction of sp³-hybridized carbons (Fsp3) is 0.478. The van der Waals surface area contributed by atoms with Crippen LogP contribution >= 0.6 is 0 Å². The summed E-state index contributed by atoms with van der Waals surface area (Å²) in [5.41, 5.74) is 8.11. The molecule has 1 heterocycles. The third-order valence-corrected chi connectivity index (χ3v) is 5.82. The molecule has 3 N–H and O–H groups in total. The molecule has 1 saturated carbocycles. The smallest absolute Gasteiger partial charge is 0.223 e. The molecule has 1 aromatic carbocycles. The summed E-state index contributed by atoms with van der Waals surface area (Å²) in [7, 11) is 0. The molecule has 0 saturated heterocycles. The van der Waals surface area contributed by atoms with Gasteiger partial charge in [0, 0.05) is 31.1 Å². The predicted octanol–water partition coefficient (Wildman–Crippen LogP) is 3.76. The van der Waals surface area contributed by atoms with Crippen molar-refractivity contribution in [1.82, 2.24) is 10.2 Å². The molecule has 1 fully saturated rings. The number of rotatable bonds is 6. The molecule has 6 nitrogen and oxygen atoms in total. The van der Waals surface area contributed by atoms with Gasteiger partial charge in [-0.1, -0.05) is 25.3 Å². The van der Waals surface area contributed by atoms with Crippen molar-refractivity contribution in [2.45, 2.75) is 51.5 Å². The van der Waals surface area contributed by atoms with Crippen LogP contribution in [0.5, 0.6) is 5.75 Å². The second kappa shape index (κ2) is 9.16. The van der Waals surface area contributed by atoms with Crippen LogP contribution in [0.2, 0.25) is 0 Å². The van der Waals surface area contributed by atoms with Gasteiger partial charge < -0.3 is 20.7 Å². The van der Waals surface area contributed by atoms with E-state index in [-0.39, 0.29) is 11.8 Å². The summed E-state index contributed by atoms with van der Waals surface area (Å²) in [4.78, 5) is 18.9. The molecule has 1 aliphatic heterocycles. The molecular weight excluding hydrogens is 364 g/mol. The Balaban J connectivity index is 1.33. The van der Waals surface area contributed by atoms with Crippen LogP contribution in [0, 0.1) is 5.92 Å². The Morgan fingerprint density at radius 1 is 1.24 bits per heavy atom. The average molecular weight is 395 g/mol. The fourth-order valence-electron chi connectivity index (χ4n) is 4.16. The van der Waals surface area contributed by atoms with Gasteiger partial charge in [0.2, 0.25) is 5.91 Å². The Bertz CT molecular complexity index is 837. The first kappa shape index (κ1) is 19.6. The zero-order valence-corrected chi connectivity index (χ0v) is 16.9. The van der Waals surface area contributed by atoms with Crippen molar-refractivity contribution in [1.29, 1.82) is 0 Å². The van der Waals surface area contributed by atoms with E-state index in [0.717, 1.165) is 61.3 Å². The fourth-order valence-corrected chi connectivity index (χ4v) is 4.16. The van der Waals surface area contributed by atoms with E-state index in [1.54, 1.807) is 0 Å². The van der Waals surface area contributed by atoms with Gasteiger partial charge in [-0.25, -0.2) is 4.99 Å². The number of hydrogen-bond donors (Lipinski definition) is 2. The molecule has 154 valence electrons. The van der Waals surface area contributed by atoms with Crippen LogP contribution in [-0.4, -0.2) is 29.9 Å². The molecule has 0 unspecified atom stereocenters. The van der Waals surface area contributed by atoms with Gasteiger partial charge in [-0.15, -0.1) is 0 Å². The lowest BCUT2D eigenvalue weighted by Crippen LogP contribution is -2.44. The number of ether oxygens (including phenoxy) is 1. The standard InChI is InChI=1S/C23H30N4O2/c24-23-26-21-12-11-20(29-19-9-5-2-6-10-19)15-18(21)16-27(23)14-13-25-22(28)17-7-3-1-4-8-17/h5,9-12,15,17H,1-4,6-8,13-14,16H2,(H2,24,26)(H,25,28). The molecule has 0 atom stereocenters. The van der Waals surface area contributed by atoms with E-state index in [0.29, 0.717) is 25.6 Å². The van der Waals surface area contributed by atoms with Crippen molar-refractivity contribution in [3.63, 3.8) is 0 Å². The highest BCUT2D eigenvalue weighted by atomic mass is 16.5. The molecule has 0 bridgehead atoms. The first-order chi connectivity index (χ1) is 14.2. The molecule has 0 aromatic heterocycles. The van der Waals surface area contributed by atoms with Crippen molar-refractivity contribution in [2.75, 3.05) is 13.1 Å². The van der Waals surface area contributed by atoms with E-state index in [4.69, 9.17) is 10.5 Å². The summed E-state index contributed by atoms with van der Waals surface area (Å²) < 4.78 is 5.98. The van der Waals surface area contributed by atoms with Gasteiger partial charge in [0.15, 0.2) is 5.96 Å². The Labute approximate surface area is 172 Å². The number of nitrogens with one attached hydrogen (secondary N) is 1. The second-order valence-corrected chi connectivity index (χ2v) is 8.00. The number of nitrogens with zero attached hydrogens (tertiary/aromatic N) is 2. The summed E-state index contributed by atoms with van der Waals surface area (Å²) in [5.74, 6) is 2.55. The number of fused-ring (bicyclic) bond motifs is 1. The number of hydrogen-bond acceptors (Lipinski definition) is 5. The van der Waals surface area contributed by atoms with Gasteiger partial charge in [-0.05, 0) is 56.0 Å². The van der Waals surface area contributed by atoms with Crippen molar-refractivity contribution >= 4 is 17.6 Å². The monoisotopic (exact) mass is 394 g/mol. The maximum atomic E-state index is 12.3. The average Bonchev–Trinajstić information content (AvgIpc) is 2.75. The lowest BCUT2D eigenvalue weighted by Gasteiger charge is -2.29. The van der Waals surface area contributed by atoms with Crippen molar-refractivity contribution in [3.8, 4) is 5.75 Å². The quantitative estimate of drug-likeness (QED) is 0.770. The Morgan fingerprint density at radius 2 is 2.10 bits per heavy atom. The van der Waals surface area contributed by atoms with Crippen LogP contribution in [0.4, 0.5) is 5.69 Å². The third kappa shape index (κ3) is 5.00. The van der Waals surface area contributed by atoms with Gasteiger partial charge in [-0.2, -0.15) is 0 Å². The molecule has 6 heteroatoms. The van der Waals surface area contributed by atoms with Crippen LogP contribution in [0.3, 0.4) is 0 Å². The molecule has 29 heavy (non-hydrogen) atoms. The normalized spacial score (nSPS) is 19.2. The minimum Gasteiger partial charge on any atom is -0.458 e. The number of amides is 1. The number of benzene rings is 1. The van der Waals surface area contributed by atoms with Crippen LogP contribution in [-0.2, 0) is 11.3 Å². The second-order valence-electron chi connectivity index (χ2n) is 8.00. The summed E-state index contributed by atoms with van der Waals surface area (Å²) >= 11 is 0. The topological polar surface area (TPSA) is 80.0 Å². The molecular formula is C23H30N4O2. The highest BCUT2D eigenvalue weighted by Gasteiger charge is 2.22. The number of aliphatic imine (C=N–C) groups is 1. The zero-order chi connectivity index (χ0) is 20.1. The van der Waals surface area contributed by atoms with Crippen molar-refractivity contribution < 1.29 is 9.53 Å². The molecule has 0 spiro atoms. The highest BCUT2D eigenvalue weighted by molar-refractivity contribution is 5.84. The maximum absolute atomic E-state index is 12.3. The Kier molecular flexibility index (Phi) is 6.17. The third-order valence-electron chi connectivity index (χ3n) is 5.82. The first-order valence-electron chi connectivity index (χ1n) is 10.7.